The Labute approximate surface area is 196 Å². The van der Waals surface area contributed by atoms with Crippen LogP contribution in [0, 0.1) is 0 Å². The van der Waals surface area contributed by atoms with Crippen molar-refractivity contribution in [1.29, 1.82) is 0 Å². The SMILES string of the molecule is CC1OC(CO)C(OC(OC(CO)[C@H](C)OC(OC(CO)[C@H](C)O)C(O)O)C(O)O)C(O)C1O. The Balaban J connectivity index is 2.92. The Morgan fingerprint density at radius 3 is 1.74 bits per heavy atom. The molecular weight excluding hydrogens is 468 g/mol. The highest BCUT2D eigenvalue weighted by Gasteiger charge is 2.45. The molecule has 0 aromatic carbocycles. The van der Waals surface area contributed by atoms with Gasteiger partial charge in [0, 0.05) is 0 Å². The molecule has 34 heavy (non-hydrogen) atoms. The van der Waals surface area contributed by atoms with Crippen molar-refractivity contribution < 1.29 is 74.7 Å². The predicted octanol–water partition coefficient (Wildman–Crippen LogP) is -5.31. The van der Waals surface area contributed by atoms with Crippen molar-refractivity contribution in [3.8, 4) is 0 Å². The summed E-state index contributed by atoms with van der Waals surface area (Å²) in [4.78, 5) is 0. The van der Waals surface area contributed by atoms with Gasteiger partial charge in [0.15, 0.2) is 0 Å². The Kier molecular flexibility index (Phi) is 13.7. The van der Waals surface area contributed by atoms with E-state index < -0.39 is 99.9 Å². The summed E-state index contributed by atoms with van der Waals surface area (Å²) in [6.45, 7) is 1.93. The van der Waals surface area contributed by atoms with Crippen LogP contribution in [0.25, 0.3) is 0 Å². The molecule has 1 aliphatic rings. The molecule has 1 fully saturated rings. The topological polar surface area (TPSA) is 248 Å². The highest BCUT2D eigenvalue weighted by molar-refractivity contribution is 4.92. The van der Waals surface area contributed by atoms with Gasteiger partial charge >= 0.3 is 0 Å². The summed E-state index contributed by atoms with van der Waals surface area (Å²) in [7, 11) is 0. The average molecular weight is 506 g/mol. The molecule has 0 amide bonds. The van der Waals surface area contributed by atoms with E-state index in [1.165, 1.54) is 20.8 Å². The van der Waals surface area contributed by atoms with Gasteiger partial charge in [-0.2, -0.15) is 0 Å². The molecule has 0 bridgehead atoms. The lowest BCUT2D eigenvalue weighted by atomic mass is 9.96. The van der Waals surface area contributed by atoms with Crippen LogP contribution in [0.5, 0.6) is 0 Å². The second-order valence-electron chi connectivity index (χ2n) is 8.00. The van der Waals surface area contributed by atoms with E-state index in [1.54, 1.807) is 0 Å². The normalized spacial score (nSPS) is 31.3. The molecule has 0 spiro atoms. The molecule has 0 aliphatic carbocycles. The molecule has 1 heterocycles. The fourth-order valence-electron chi connectivity index (χ4n) is 3.20. The van der Waals surface area contributed by atoms with Crippen LogP contribution in [-0.4, -0.2) is 151 Å². The molecule has 1 saturated heterocycles. The van der Waals surface area contributed by atoms with E-state index in [-0.39, 0.29) is 0 Å². The number of aliphatic hydroxyl groups is 10. The van der Waals surface area contributed by atoms with Crippen molar-refractivity contribution in [2.24, 2.45) is 0 Å². The molecule has 15 nitrogen and oxygen atoms in total. The van der Waals surface area contributed by atoms with Gasteiger partial charge in [-0.1, -0.05) is 0 Å². The van der Waals surface area contributed by atoms with E-state index in [0.29, 0.717) is 0 Å². The van der Waals surface area contributed by atoms with Crippen molar-refractivity contribution in [2.75, 3.05) is 19.8 Å². The molecular formula is C19H38O15. The molecule has 15 heteroatoms. The van der Waals surface area contributed by atoms with Gasteiger partial charge in [-0.25, -0.2) is 0 Å². The molecule has 0 aromatic heterocycles. The van der Waals surface area contributed by atoms with E-state index in [0.717, 1.165) is 0 Å². The second kappa shape index (κ2) is 14.8. The van der Waals surface area contributed by atoms with E-state index >= 15 is 0 Å². The van der Waals surface area contributed by atoms with Crippen molar-refractivity contribution >= 4 is 0 Å². The summed E-state index contributed by atoms with van der Waals surface area (Å²) in [6, 6.07) is 0. The Hall–Kier alpha value is -0.600. The van der Waals surface area contributed by atoms with Gasteiger partial charge in [0.25, 0.3) is 0 Å². The summed E-state index contributed by atoms with van der Waals surface area (Å²) in [6.07, 6.45) is -19.8. The number of hydrogen-bond donors (Lipinski definition) is 10. The van der Waals surface area contributed by atoms with Gasteiger partial charge in [-0.15, -0.1) is 0 Å². The monoisotopic (exact) mass is 506 g/mol. The van der Waals surface area contributed by atoms with E-state index in [1.807, 2.05) is 0 Å². The van der Waals surface area contributed by atoms with Crippen LogP contribution in [0.1, 0.15) is 20.8 Å². The molecule has 204 valence electrons. The smallest absolute Gasteiger partial charge is 0.209 e. The van der Waals surface area contributed by atoms with Crippen LogP contribution in [0.2, 0.25) is 0 Å². The number of aliphatic hydroxyl groups excluding tert-OH is 8. The van der Waals surface area contributed by atoms with E-state index in [9.17, 15) is 51.1 Å². The minimum absolute atomic E-state index is 0.640. The summed E-state index contributed by atoms with van der Waals surface area (Å²) in [5.74, 6) is 0. The number of ether oxygens (including phenoxy) is 5. The third-order valence-corrected chi connectivity index (χ3v) is 5.27. The summed E-state index contributed by atoms with van der Waals surface area (Å²) in [5, 5.41) is 96.7. The first-order valence-electron chi connectivity index (χ1n) is 10.7. The highest BCUT2D eigenvalue weighted by Crippen LogP contribution is 2.26. The third kappa shape index (κ3) is 8.81. The first-order chi connectivity index (χ1) is 15.9. The van der Waals surface area contributed by atoms with Gasteiger partial charge in [0.1, 0.15) is 36.6 Å². The van der Waals surface area contributed by atoms with Gasteiger partial charge in [-0.05, 0) is 20.8 Å². The van der Waals surface area contributed by atoms with Gasteiger partial charge < -0.3 is 74.7 Å². The Morgan fingerprint density at radius 2 is 1.29 bits per heavy atom. The molecule has 10 N–H and O–H groups in total. The fourth-order valence-corrected chi connectivity index (χ4v) is 3.20. The quantitative estimate of drug-likeness (QED) is 0.0931. The zero-order valence-corrected chi connectivity index (χ0v) is 19.1. The van der Waals surface area contributed by atoms with Crippen molar-refractivity contribution in [2.45, 2.75) is 101 Å². The summed E-state index contributed by atoms with van der Waals surface area (Å²) in [5.41, 5.74) is 0. The summed E-state index contributed by atoms with van der Waals surface area (Å²) >= 11 is 0. The van der Waals surface area contributed by atoms with Gasteiger partial charge in [0.05, 0.1) is 38.1 Å². The maximum absolute atomic E-state index is 10.3. The molecule has 0 aromatic rings. The van der Waals surface area contributed by atoms with Crippen molar-refractivity contribution in [3.63, 3.8) is 0 Å². The summed E-state index contributed by atoms with van der Waals surface area (Å²) < 4.78 is 26.5. The van der Waals surface area contributed by atoms with Crippen LogP contribution in [0.4, 0.5) is 0 Å². The third-order valence-electron chi connectivity index (χ3n) is 5.27. The Bertz CT molecular complexity index is 548. The molecule has 11 atom stereocenters. The first-order valence-corrected chi connectivity index (χ1v) is 10.7. The lowest BCUT2D eigenvalue weighted by Crippen LogP contribution is -2.60. The van der Waals surface area contributed by atoms with Crippen LogP contribution in [0.15, 0.2) is 0 Å². The van der Waals surface area contributed by atoms with E-state index in [4.69, 9.17) is 23.7 Å². The fraction of sp³-hybridized carbons (Fsp3) is 1.00. The van der Waals surface area contributed by atoms with E-state index in [2.05, 4.69) is 0 Å². The minimum Gasteiger partial charge on any atom is -0.394 e. The molecule has 0 saturated carbocycles. The zero-order valence-electron chi connectivity index (χ0n) is 19.1. The lowest BCUT2D eigenvalue weighted by molar-refractivity contribution is -0.344. The molecule has 1 aliphatic heterocycles. The van der Waals surface area contributed by atoms with Crippen LogP contribution >= 0.6 is 0 Å². The zero-order chi connectivity index (χ0) is 26.2. The van der Waals surface area contributed by atoms with Crippen molar-refractivity contribution in [3.05, 3.63) is 0 Å². The average Bonchev–Trinajstić information content (AvgIpc) is 2.77. The molecule has 9 unspecified atom stereocenters. The second-order valence-corrected chi connectivity index (χ2v) is 8.00. The van der Waals surface area contributed by atoms with Crippen LogP contribution < -0.4 is 0 Å². The molecule has 0 radical (unpaired) electrons. The maximum Gasteiger partial charge on any atom is 0.209 e. The maximum atomic E-state index is 10.3. The van der Waals surface area contributed by atoms with Crippen LogP contribution in [0.3, 0.4) is 0 Å². The van der Waals surface area contributed by atoms with Crippen molar-refractivity contribution in [1.82, 2.24) is 0 Å². The van der Waals surface area contributed by atoms with Crippen LogP contribution in [-0.2, 0) is 23.7 Å². The predicted molar refractivity (Wildman–Crippen MR) is 108 cm³/mol. The number of hydrogen-bond acceptors (Lipinski definition) is 15. The number of rotatable bonds is 15. The first kappa shape index (κ1) is 31.4. The Morgan fingerprint density at radius 1 is 0.765 bits per heavy atom. The molecule has 1 rings (SSSR count). The standard InChI is InChI=1S/C19H38O15/c1-7(23)10(4-20)32-18(16(26)27)31-8(2)11(5-21)33-19(17(28)29)34-15-12(6-22)30-9(3)13(24)14(15)25/h7-29H,4-6H2,1-3H3/t7-,8-,9?,10?,11?,12?,13?,14?,15?,18?,19?/m0/s1. The van der Waals surface area contributed by atoms with Gasteiger partial charge in [0.2, 0.25) is 25.2 Å². The lowest BCUT2D eigenvalue weighted by Gasteiger charge is -2.42. The largest absolute Gasteiger partial charge is 0.394 e. The minimum atomic E-state index is -2.33. The van der Waals surface area contributed by atoms with Gasteiger partial charge in [-0.3, -0.25) is 0 Å². The highest BCUT2D eigenvalue weighted by atomic mass is 16.8.